The van der Waals surface area contributed by atoms with E-state index in [0.717, 1.165) is 25.7 Å². The standard InChI is InChI=1S/C20H23F3O2/c1-3-5-6-7-12-25-14-8-9-15(17(21)13-14)16-10-11-18(24-4-2)20(23)19(16)22/h8-11,13H,3-7,12H2,1-2H3. The number of rotatable bonds is 9. The second kappa shape index (κ2) is 9.35. The van der Waals surface area contributed by atoms with Gasteiger partial charge in [0.05, 0.1) is 13.2 Å². The number of ether oxygens (including phenoxy) is 2. The van der Waals surface area contributed by atoms with Gasteiger partial charge in [-0.3, -0.25) is 0 Å². The van der Waals surface area contributed by atoms with Crippen LogP contribution in [0.2, 0.25) is 0 Å². The largest absolute Gasteiger partial charge is 0.493 e. The lowest BCUT2D eigenvalue weighted by Crippen LogP contribution is -2.00. The average molecular weight is 352 g/mol. The highest BCUT2D eigenvalue weighted by Crippen LogP contribution is 2.32. The highest BCUT2D eigenvalue weighted by Gasteiger charge is 2.18. The molecule has 0 N–H and O–H groups in total. The van der Waals surface area contributed by atoms with Crippen LogP contribution < -0.4 is 9.47 Å². The summed E-state index contributed by atoms with van der Waals surface area (Å²) in [6.07, 6.45) is 4.23. The van der Waals surface area contributed by atoms with E-state index >= 15 is 0 Å². The van der Waals surface area contributed by atoms with Gasteiger partial charge in [-0.15, -0.1) is 0 Å². The zero-order chi connectivity index (χ0) is 18.2. The van der Waals surface area contributed by atoms with Crippen molar-refractivity contribution in [2.24, 2.45) is 0 Å². The number of benzene rings is 2. The lowest BCUT2D eigenvalue weighted by Gasteiger charge is -2.11. The molecule has 0 aliphatic rings. The van der Waals surface area contributed by atoms with Gasteiger partial charge in [0.1, 0.15) is 11.6 Å². The van der Waals surface area contributed by atoms with Crippen molar-refractivity contribution in [3.63, 3.8) is 0 Å². The molecule has 0 fully saturated rings. The van der Waals surface area contributed by atoms with Gasteiger partial charge in [0, 0.05) is 17.2 Å². The Kier molecular flexibility index (Phi) is 7.16. The van der Waals surface area contributed by atoms with E-state index in [9.17, 15) is 13.2 Å². The zero-order valence-electron chi connectivity index (χ0n) is 14.6. The van der Waals surface area contributed by atoms with Gasteiger partial charge in [-0.1, -0.05) is 26.2 Å². The van der Waals surface area contributed by atoms with Crippen molar-refractivity contribution in [3.8, 4) is 22.6 Å². The van der Waals surface area contributed by atoms with Crippen LogP contribution in [0.3, 0.4) is 0 Å². The number of unbranched alkanes of at least 4 members (excludes halogenated alkanes) is 3. The molecule has 0 amide bonds. The molecule has 0 saturated heterocycles. The molecule has 0 bridgehead atoms. The molecule has 5 heteroatoms. The van der Waals surface area contributed by atoms with Crippen LogP contribution in [0.25, 0.3) is 11.1 Å². The molecule has 2 aromatic carbocycles. The van der Waals surface area contributed by atoms with Crippen molar-refractivity contribution in [3.05, 3.63) is 47.8 Å². The van der Waals surface area contributed by atoms with Gasteiger partial charge in [0.25, 0.3) is 0 Å². The van der Waals surface area contributed by atoms with E-state index in [2.05, 4.69) is 6.92 Å². The summed E-state index contributed by atoms with van der Waals surface area (Å²) < 4.78 is 53.0. The van der Waals surface area contributed by atoms with Crippen LogP contribution in [-0.2, 0) is 0 Å². The Hall–Kier alpha value is -2.17. The summed E-state index contributed by atoms with van der Waals surface area (Å²) in [4.78, 5) is 0. The van der Waals surface area contributed by atoms with Crippen molar-refractivity contribution in [1.29, 1.82) is 0 Å². The monoisotopic (exact) mass is 352 g/mol. The zero-order valence-corrected chi connectivity index (χ0v) is 14.6. The number of hydrogen-bond acceptors (Lipinski definition) is 2. The Morgan fingerprint density at radius 1 is 0.800 bits per heavy atom. The maximum atomic E-state index is 14.3. The third kappa shape index (κ3) is 4.91. The topological polar surface area (TPSA) is 18.5 Å². The normalized spacial score (nSPS) is 10.8. The lowest BCUT2D eigenvalue weighted by molar-refractivity contribution is 0.303. The Bertz CT molecular complexity index is 702. The van der Waals surface area contributed by atoms with Crippen LogP contribution in [0.15, 0.2) is 30.3 Å². The summed E-state index contributed by atoms with van der Waals surface area (Å²) >= 11 is 0. The smallest absolute Gasteiger partial charge is 0.201 e. The lowest BCUT2D eigenvalue weighted by atomic mass is 10.0. The second-order valence-corrected chi connectivity index (χ2v) is 5.72. The maximum Gasteiger partial charge on any atom is 0.201 e. The van der Waals surface area contributed by atoms with E-state index in [1.165, 1.54) is 24.3 Å². The van der Waals surface area contributed by atoms with E-state index in [4.69, 9.17) is 9.47 Å². The van der Waals surface area contributed by atoms with E-state index in [-0.39, 0.29) is 23.5 Å². The van der Waals surface area contributed by atoms with Crippen LogP contribution >= 0.6 is 0 Å². The first-order valence-corrected chi connectivity index (χ1v) is 8.62. The maximum absolute atomic E-state index is 14.3. The molecule has 0 unspecified atom stereocenters. The molecule has 0 radical (unpaired) electrons. The van der Waals surface area contributed by atoms with Crippen molar-refractivity contribution in [1.82, 2.24) is 0 Å². The summed E-state index contributed by atoms with van der Waals surface area (Å²) in [7, 11) is 0. The first-order chi connectivity index (χ1) is 12.1. The highest BCUT2D eigenvalue weighted by molar-refractivity contribution is 5.66. The van der Waals surface area contributed by atoms with Gasteiger partial charge >= 0.3 is 0 Å². The molecule has 2 aromatic rings. The van der Waals surface area contributed by atoms with Gasteiger partial charge in [-0.05, 0) is 37.6 Å². The number of halogens is 3. The molecular formula is C20H23F3O2. The van der Waals surface area contributed by atoms with Crippen molar-refractivity contribution in [2.75, 3.05) is 13.2 Å². The molecule has 0 aromatic heterocycles. The quantitative estimate of drug-likeness (QED) is 0.506. The Labute approximate surface area is 146 Å². The fourth-order valence-electron chi connectivity index (χ4n) is 2.53. The summed E-state index contributed by atoms with van der Waals surface area (Å²) in [5.41, 5.74) is -0.161. The Balaban J connectivity index is 2.14. The van der Waals surface area contributed by atoms with Crippen molar-refractivity contribution in [2.45, 2.75) is 39.5 Å². The molecule has 136 valence electrons. The summed E-state index contributed by atoms with van der Waals surface area (Å²) in [5.74, 6) is -2.71. The summed E-state index contributed by atoms with van der Waals surface area (Å²) in [6, 6.07) is 6.77. The minimum absolute atomic E-state index is 0.0159. The van der Waals surface area contributed by atoms with E-state index < -0.39 is 17.5 Å². The van der Waals surface area contributed by atoms with Gasteiger partial charge in [-0.2, -0.15) is 4.39 Å². The van der Waals surface area contributed by atoms with Crippen molar-refractivity contribution >= 4 is 0 Å². The molecule has 2 rings (SSSR count). The predicted molar refractivity (Wildman–Crippen MR) is 92.6 cm³/mol. The van der Waals surface area contributed by atoms with Crippen molar-refractivity contribution < 1.29 is 22.6 Å². The van der Waals surface area contributed by atoms with Crippen LogP contribution in [-0.4, -0.2) is 13.2 Å². The molecule has 2 nitrogen and oxygen atoms in total. The van der Waals surface area contributed by atoms with Gasteiger partial charge < -0.3 is 9.47 Å². The third-order valence-corrected chi connectivity index (χ3v) is 3.84. The van der Waals surface area contributed by atoms with E-state index in [1.54, 1.807) is 13.0 Å². The molecular weight excluding hydrogens is 329 g/mol. The van der Waals surface area contributed by atoms with Gasteiger partial charge in [0.15, 0.2) is 11.6 Å². The minimum atomic E-state index is -1.13. The molecule has 0 heterocycles. The minimum Gasteiger partial charge on any atom is -0.493 e. The molecule has 25 heavy (non-hydrogen) atoms. The van der Waals surface area contributed by atoms with Crippen LogP contribution in [0, 0.1) is 17.5 Å². The summed E-state index contributed by atoms with van der Waals surface area (Å²) in [6.45, 7) is 4.52. The van der Waals surface area contributed by atoms with Crippen LogP contribution in [0.4, 0.5) is 13.2 Å². The van der Waals surface area contributed by atoms with E-state index in [0.29, 0.717) is 12.4 Å². The van der Waals surface area contributed by atoms with Gasteiger partial charge in [-0.25, -0.2) is 8.78 Å². The second-order valence-electron chi connectivity index (χ2n) is 5.72. The first-order valence-electron chi connectivity index (χ1n) is 8.62. The van der Waals surface area contributed by atoms with Crippen LogP contribution in [0.5, 0.6) is 11.5 Å². The summed E-state index contributed by atoms with van der Waals surface area (Å²) in [5, 5.41) is 0. The fraction of sp³-hybridized carbons (Fsp3) is 0.400. The highest BCUT2D eigenvalue weighted by atomic mass is 19.2. The predicted octanol–water partition coefficient (Wildman–Crippen LogP) is 6.13. The Morgan fingerprint density at radius 2 is 1.56 bits per heavy atom. The fourth-order valence-corrected chi connectivity index (χ4v) is 2.53. The molecule has 0 atom stereocenters. The van der Waals surface area contributed by atoms with Crippen LogP contribution in [0.1, 0.15) is 39.5 Å². The molecule has 0 spiro atoms. The Morgan fingerprint density at radius 3 is 2.24 bits per heavy atom. The molecule has 0 aliphatic heterocycles. The average Bonchev–Trinajstić information content (AvgIpc) is 2.60. The van der Waals surface area contributed by atoms with Gasteiger partial charge in [0.2, 0.25) is 5.82 Å². The molecule has 0 aliphatic carbocycles. The number of hydrogen-bond donors (Lipinski definition) is 0. The SMILES string of the molecule is CCCCCCOc1ccc(-c2ccc(OCC)c(F)c2F)c(F)c1. The van der Waals surface area contributed by atoms with E-state index in [1.807, 2.05) is 0 Å². The molecule has 0 saturated carbocycles. The third-order valence-electron chi connectivity index (χ3n) is 3.84. The first kappa shape index (κ1) is 19.2.